The van der Waals surface area contributed by atoms with E-state index in [2.05, 4.69) is 4.98 Å². The van der Waals surface area contributed by atoms with E-state index in [9.17, 15) is 14.7 Å². The van der Waals surface area contributed by atoms with E-state index in [1.165, 1.54) is 36.5 Å². The van der Waals surface area contributed by atoms with Crippen LogP contribution in [0.15, 0.2) is 53.9 Å². The Morgan fingerprint density at radius 2 is 1.71 bits per heavy atom. The number of para-hydroxylation sites is 1. The fraction of sp³-hybridized carbons (Fsp3) is 0.136. The number of thiazole rings is 1. The minimum atomic E-state index is -0.187. The summed E-state index contributed by atoms with van der Waals surface area (Å²) < 4.78 is 0. The molecule has 0 spiro atoms. The third-order valence-electron chi connectivity index (χ3n) is 4.24. The molecule has 3 rings (SSSR count). The molecule has 3 aromatic rings. The lowest BCUT2D eigenvalue weighted by Gasteiger charge is -2.22. The lowest BCUT2D eigenvalue weighted by molar-refractivity contribution is -0.115. The average Bonchev–Trinajstić information content (AvgIpc) is 3.11. The van der Waals surface area contributed by atoms with Crippen molar-refractivity contribution in [2.45, 2.75) is 20.8 Å². The van der Waals surface area contributed by atoms with Gasteiger partial charge in [0.2, 0.25) is 5.91 Å². The number of hydrogen-bond donors (Lipinski definition) is 1. The minimum Gasteiger partial charge on any atom is -0.508 e. The first-order valence-electron chi connectivity index (χ1n) is 8.70. The number of amides is 1. The quantitative estimate of drug-likeness (QED) is 0.487. The number of phenolic OH excluding ortho intramolecular Hbond substituents is 1. The van der Waals surface area contributed by atoms with Crippen LogP contribution < -0.4 is 4.90 Å². The molecule has 1 heterocycles. The van der Waals surface area contributed by atoms with Crippen LogP contribution in [0.1, 0.15) is 34.1 Å². The summed E-state index contributed by atoms with van der Waals surface area (Å²) in [4.78, 5) is 30.7. The molecule has 1 amide bonds. The summed E-state index contributed by atoms with van der Waals surface area (Å²) >= 11 is 1.35. The van der Waals surface area contributed by atoms with E-state index in [0.29, 0.717) is 16.4 Å². The molecule has 5 nitrogen and oxygen atoms in total. The predicted octanol–water partition coefficient (Wildman–Crippen LogP) is 5.05. The first-order chi connectivity index (χ1) is 13.4. The summed E-state index contributed by atoms with van der Waals surface area (Å²) in [5, 5.41) is 11.7. The SMILES string of the molecule is CC(=O)N(c1nc(/C=C/C(=O)c2ccc(O)cc2)cs1)c1c(C)cccc1C. The minimum absolute atomic E-state index is 0.112. The molecule has 0 aliphatic carbocycles. The van der Waals surface area contributed by atoms with E-state index in [1.807, 2.05) is 32.0 Å². The van der Waals surface area contributed by atoms with Gasteiger partial charge in [-0.05, 0) is 61.4 Å². The Labute approximate surface area is 167 Å². The molecule has 2 aromatic carbocycles. The fourth-order valence-electron chi connectivity index (χ4n) is 2.88. The molecule has 1 aromatic heterocycles. The van der Waals surface area contributed by atoms with Crippen molar-refractivity contribution in [3.05, 3.63) is 76.3 Å². The Hall–Kier alpha value is -3.25. The van der Waals surface area contributed by atoms with E-state index in [4.69, 9.17) is 0 Å². The van der Waals surface area contributed by atoms with Crippen LogP contribution in [0.4, 0.5) is 10.8 Å². The number of phenols is 1. The summed E-state index contributed by atoms with van der Waals surface area (Å²) in [7, 11) is 0. The smallest absolute Gasteiger partial charge is 0.230 e. The van der Waals surface area contributed by atoms with Gasteiger partial charge in [-0.1, -0.05) is 18.2 Å². The Bertz CT molecular complexity index is 1030. The van der Waals surface area contributed by atoms with Crippen LogP contribution in [-0.4, -0.2) is 21.8 Å². The van der Waals surface area contributed by atoms with Crippen molar-refractivity contribution in [1.82, 2.24) is 4.98 Å². The van der Waals surface area contributed by atoms with Gasteiger partial charge in [-0.3, -0.25) is 14.5 Å². The van der Waals surface area contributed by atoms with Gasteiger partial charge in [0.15, 0.2) is 10.9 Å². The van der Waals surface area contributed by atoms with Crippen molar-refractivity contribution < 1.29 is 14.7 Å². The number of anilines is 2. The first-order valence-corrected chi connectivity index (χ1v) is 9.58. The summed E-state index contributed by atoms with van der Waals surface area (Å²) in [6.07, 6.45) is 3.06. The maximum atomic E-state index is 12.3. The van der Waals surface area contributed by atoms with Crippen LogP contribution in [0, 0.1) is 13.8 Å². The molecule has 28 heavy (non-hydrogen) atoms. The van der Waals surface area contributed by atoms with Crippen molar-refractivity contribution in [1.29, 1.82) is 0 Å². The Balaban J connectivity index is 1.86. The molecule has 0 saturated heterocycles. The summed E-state index contributed by atoms with van der Waals surface area (Å²) in [5.74, 6) is -0.198. The number of nitrogens with zero attached hydrogens (tertiary/aromatic N) is 2. The molecule has 0 aliphatic heterocycles. The van der Waals surface area contributed by atoms with Gasteiger partial charge in [0.25, 0.3) is 0 Å². The van der Waals surface area contributed by atoms with Crippen molar-refractivity contribution in [2.75, 3.05) is 4.90 Å². The van der Waals surface area contributed by atoms with Crippen LogP contribution in [0.25, 0.3) is 6.08 Å². The van der Waals surface area contributed by atoms with Gasteiger partial charge in [-0.25, -0.2) is 4.98 Å². The largest absolute Gasteiger partial charge is 0.508 e. The zero-order valence-electron chi connectivity index (χ0n) is 15.8. The zero-order valence-corrected chi connectivity index (χ0v) is 16.7. The number of aromatic nitrogens is 1. The average molecular weight is 392 g/mol. The lowest BCUT2D eigenvalue weighted by Crippen LogP contribution is -2.24. The van der Waals surface area contributed by atoms with Crippen LogP contribution in [0.5, 0.6) is 5.75 Å². The van der Waals surface area contributed by atoms with Crippen molar-refractivity contribution >= 4 is 39.9 Å². The number of ketones is 1. The van der Waals surface area contributed by atoms with E-state index in [-0.39, 0.29) is 17.4 Å². The molecular weight excluding hydrogens is 372 g/mol. The molecule has 142 valence electrons. The van der Waals surface area contributed by atoms with Gasteiger partial charge in [0.1, 0.15) is 5.75 Å². The number of carbonyl (C=O) groups is 2. The molecule has 1 N–H and O–H groups in total. The molecule has 0 atom stereocenters. The Morgan fingerprint density at radius 1 is 1.07 bits per heavy atom. The van der Waals surface area contributed by atoms with Crippen molar-refractivity contribution in [3.63, 3.8) is 0 Å². The molecule has 0 radical (unpaired) electrons. The van der Waals surface area contributed by atoms with Gasteiger partial charge in [0.05, 0.1) is 11.4 Å². The lowest BCUT2D eigenvalue weighted by atomic mass is 10.1. The Morgan fingerprint density at radius 3 is 2.32 bits per heavy atom. The summed E-state index contributed by atoms with van der Waals surface area (Å²) in [6.45, 7) is 5.43. The van der Waals surface area contributed by atoms with Crippen LogP contribution in [0.3, 0.4) is 0 Å². The molecule has 0 unspecified atom stereocenters. The fourth-order valence-corrected chi connectivity index (χ4v) is 3.73. The highest BCUT2D eigenvalue weighted by Gasteiger charge is 2.21. The zero-order chi connectivity index (χ0) is 20.3. The topological polar surface area (TPSA) is 70.5 Å². The maximum Gasteiger partial charge on any atom is 0.230 e. The molecular formula is C22H20N2O3S. The third-order valence-corrected chi connectivity index (χ3v) is 5.08. The van der Waals surface area contributed by atoms with Gasteiger partial charge in [-0.15, -0.1) is 11.3 Å². The third kappa shape index (κ3) is 4.18. The summed E-state index contributed by atoms with van der Waals surface area (Å²) in [5.41, 5.74) is 3.89. The second-order valence-corrected chi connectivity index (χ2v) is 7.23. The molecule has 6 heteroatoms. The monoisotopic (exact) mass is 392 g/mol. The Kier molecular flexibility index (Phi) is 5.70. The van der Waals surface area contributed by atoms with Crippen molar-refractivity contribution in [2.24, 2.45) is 0 Å². The number of hydrogen-bond acceptors (Lipinski definition) is 5. The molecule has 0 bridgehead atoms. The van der Waals surface area contributed by atoms with Crippen LogP contribution in [-0.2, 0) is 4.79 Å². The summed E-state index contributed by atoms with van der Waals surface area (Å²) in [6, 6.07) is 11.9. The number of carbonyl (C=O) groups excluding carboxylic acids is 2. The highest BCUT2D eigenvalue weighted by molar-refractivity contribution is 7.14. The van der Waals surface area contributed by atoms with Gasteiger partial charge in [-0.2, -0.15) is 0 Å². The highest BCUT2D eigenvalue weighted by Crippen LogP contribution is 2.33. The molecule has 0 saturated carbocycles. The number of allylic oxidation sites excluding steroid dienone is 1. The van der Waals surface area contributed by atoms with Crippen LogP contribution >= 0.6 is 11.3 Å². The van der Waals surface area contributed by atoms with E-state index < -0.39 is 0 Å². The van der Waals surface area contributed by atoms with Crippen LogP contribution in [0.2, 0.25) is 0 Å². The van der Waals surface area contributed by atoms with E-state index in [0.717, 1.165) is 16.8 Å². The number of rotatable bonds is 5. The first kappa shape index (κ1) is 19.5. The second kappa shape index (κ2) is 8.19. The van der Waals surface area contributed by atoms with Gasteiger partial charge >= 0.3 is 0 Å². The predicted molar refractivity (Wildman–Crippen MR) is 112 cm³/mol. The standard InChI is InChI=1S/C22H20N2O3S/c1-14-5-4-6-15(2)21(14)24(16(3)25)22-23-18(13-28-22)9-12-20(27)17-7-10-19(26)11-8-17/h4-13,26H,1-3H3/b12-9+. The molecule has 0 aliphatic rings. The number of aryl methyl sites for hydroxylation is 2. The number of benzene rings is 2. The molecule has 0 fully saturated rings. The van der Waals surface area contributed by atoms with E-state index >= 15 is 0 Å². The van der Waals surface area contributed by atoms with E-state index in [1.54, 1.807) is 28.5 Å². The highest BCUT2D eigenvalue weighted by atomic mass is 32.1. The van der Waals surface area contributed by atoms with Gasteiger partial charge in [0, 0.05) is 17.9 Å². The second-order valence-electron chi connectivity index (χ2n) is 6.39. The maximum absolute atomic E-state index is 12.3. The van der Waals surface area contributed by atoms with Gasteiger partial charge < -0.3 is 5.11 Å². The normalized spacial score (nSPS) is 11.0. The number of aromatic hydroxyl groups is 1. The van der Waals surface area contributed by atoms with Crippen molar-refractivity contribution in [3.8, 4) is 5.75 Å².